The highest BCUT2D eigenvalue weighted by Gasteiger charge is 2.39. The SMILES string of the molecule is OCc1c(C(F)(F)F)nn(-c2cc(F)c(F)cc2F)c1Cl. The summed E-state index contributed by atoms with van der Waals surface area (Å²) in [5.74, 6) is -4.37. The summed E-state index contributed by atoms with van der Waals surface area (Å²) in [5.41, 5.74) is -3.16. The Morgan fingerprint density at radius 2 is 1.67 bits per heavy atom. The van der Waals surface area contributed by atoms with E-state index in [-0.39, 0.29) is 10.7 Å². The number of halogens is 7. The van der Waals surface area contributed by atoms with Crippen LogP contribution in [0.2, 0.25) is 5.15 Å². The zero-order valence-corrected chi connectivity index (χ0v) is 10.6. The second kappa shape index (κ2) is 5.23. The lowest BCUT2D eigenvalue weighted by Crippen LogP contribution is -2.10. The van der Waals surface area contributed by atoms with Crippen molar-refractivity contribution in [2.24, 2.45) is 0 Å². The van der Waals surface area contributed by atoms with E-state index >= 15 is 0 Å². The Balaban J connectivity index is 2.71. The van der Waals surface area contributed by atoms with Crippen LogP contribution in [-0.4, -0.2) is 14.9 Å². The van der Waals surface area contributed by atoms with Gasteiger partial charge in [-0.05, 0) is 0 Å². The Hall–Kier alpha value is -1.74. The predicted octanol–water partition coefficient (Wildman–Crippen LogP) is 3.45. The monoisotopic (exact) mass is 330 g/mol. The zero-order valence-electron chi connectivity index (χ0n) is 9.85. The first-order chi connectivity index (χ1) is 9.66. The summed E-state index contributed by atoms with van der Waals surface area (Å²) in [6.07, 6.45) is -4.96. The van der Waals surface area contributed by atoms with Crippen LogP contribution in [0.4, 0.5) is 26.3 Å². The van der Waals surface area contributed by atoms with Crippen LogP contribution in [0.1, 0.15) is 11.3 Å². The molecule has 0 saturated carbocycles. The number of aromatic nitrogens is 2. The maximum Gasteiger partial charge on any atom is 0.435 e. The molecule has 0 atom stereocenters. The number of benzene rings is 1. The van der Waals surface area contributed by atoms with Crippen LogP contribution in [0.25, 0.3) is 5.69 Å². The van der Waals surface area contributed by atoms with Crippen LogP contribution in [0.3, 0.4) is 0 Å². The van der Waals surface area contributed by atoms with Crippen molar-refractivity contribution in [1.82, 2.24) is 9.78 Å². The summed E-state index contributed by atoms with van der Waals surface area (Å²) in [5, 5.41) is 11.2. The summed E-state index contributed by atoms with van der Waals surface area (Å²) in [7, 11) is 0. The van der Waals surface area contributed by atoms with Crippen molar-refractivity contribution in [3.63, 3.8) is 0 Å². The number of aliphatic hydroxyl groups is 1. The highest BCUT2D eigenvalue weighted by Crippen LogP contribution is 2.36. The molecular formula is C11H5ClF6N2O. The molecule has 0 spiro atoms. The van der Waals surface area contributed by atoms with E-state index in [9.17, 15) is 26.3 Å². The maximum absolute atomic E-state index is 13.6. The Morgan fingerprint density at radius 3 is 2.14 bits per heavy atom. The third-order valence-corrected chi connectivity index (χ3v) is 2.95. The summed E-state index contributed by atoms with van der Waals surface area (Å²) in [4.78, 5) is 0. The van der Waals surface area contributed by atoms with Crippen molar-refractivity contribution in [3.8, 4) is 5.69 Å². The molecule has 0 bridgehead atoms. The van der Waals surface area contributed by atoms with Gasteiger partial charge >= 0.3 is 6.18 Å². The fourth-order valence-electron chi connectivity index (χ4n) is 1.63. The molecule has 114 valence electrons. The lowest BCUT2D eigenvalue weighted by molar-refractivity contribution is -0.142. The molecule has 1 aromatic heterocycles. The molecule has 1 N–H and O–H groups in total. The second-order valence-corrected chi connectivity index (χ2v) is 4.26. The molecule has 10 heteroatoms. The number of rotatable bonds is 2. The van der Waals surface area contributed by atoms with E-state index < -0.39 is 52.3 Å². The van der Waals surface area contributed by atoms with Crippen molar-refractivity contribution in [2.75, 3.05) is 0 Å². The first-order valence-corrected chi connectivity index (χ1v) is 5.65. The molecule has 2 rings (SSSR count). The van der Waals surface area contributed by atoms with Crippen molar-refractivity contribution in [1.29, 1.82) is 0 Å². The van der Waals surface area contributed by atoms with E-state index in [1.54, 1.807) is 0 Å². The topological polar surface area (TPSA) is 38.1 Å². The lowest BCUT2D eigenvalue weighted by atomic mass is 10.2. The molecule has 0 aliphatic carbocycles. The molecule has 21 heavy (non-hydrogen) atoms. The van der Waals surface area contributed by atoms with E-state index in [0.29, 0.717) is 6.07 Å². The highest BCUT2D eigenvalue weighted by molar-refractivity contribution is 6.30. The van der Waals surface area contributed by atoms with Gasteiger partial charge in [0.15, 0.2) is 23.1 Å². The normalized spacial score (nSPS) is 12.0. The van der Waals surface area contributed by atoms with Crippen molar-refractivity contribution in [2.45, 2.75) is 12.8 Å². The zero-order chi connectivity index (χ0) is 15.9. The highest BCUT2D eigenvalue weighted by atomic mass is 35.5. The molecule has 0 aliphatic heterocycles. The number of hydrogen-bond acceptors (Lipinski definition) is 2. The van der Waals surface area contributed by atoms with Gasteiger partial charge in [-0.2, -0.15) is 18.3 Å². The average molecular weight is 331 g/mol. The number of aliphatic hydroxyl groups excluding tert-OH is 1. The van der Waals surface area contributed by atoms with Crippen molar-refractivity contribution >= 4 is 11.6 Å². The molecule has 0 radical (unpaired) electrons. The van der Waals surface area contributed by atoms with Gasteiger partial charge in [0.2, 0.25) is 0 Å². The van der Waals surface area contributed by atoms with E-state index in [1.165, 1.54) is 0 Å². The van der Waals surface area contributed by atoms with Gasteiger partial charge in [-0.3, -0.25) is 0 Å². The minimum Gasteiger partial charge on any atom is -0.391 e. The third-order valence-electron chi connectivity index (χ3n) is 2.57. The van der Waals surface area contributed by atoms with Crippen molar-refractivity contribution < 1.29 is 31.4 Å². The molecule has 2 aromatic rings. The summed E-state index contributed by atoms with van der Waals surface area (Å²) in [6.45, 7) is -1.11. The molecule has 1 heterocycles. The first kappa shape index (κ1) is 15.6. The largest absolute Gasteiger partial charge is 0.435 e. The molecule has 0 fully saturated rings. The Labute approximate surface area is 118 Å². The molecule has 0 saturated heterocycles. The number of nitrogens with zero attached hydrogens (tertiary/aromatic N) is 2. The van der Waals surface area contributed by atoms with Crippen LogP contribution in [-0.2, 0) is 12.8 Å². The van der Waals surface area contributed by atoms with Gasteiger partial charge in [-0.1, -0.05) is 11.6 Å². The van der Waals surface area contributed by atoms with E-state index in [2.05, 4.69) is 5.10 Å². The van der Waals surface area contributed by atoms with Crippen molar-refractivity contribution in [3.05, 3.63) is 46.0 Å². The smallest absolute Gasteiger partial charge is 0.391 e. The van der Waals surface area contributed by atoms with Gasteiger partial charge in [0, 0.05) is 17.7 Å². The van der Waals surface area contributed by atoms with Crippen LogP contribution in [0, 0.1) is 17.5 Å². The third kappa shape index (κ3) is 2.70. The van der Waals surface area contributed by atoms with E-state index in [1.807, 2.05) is 0 Å². The molecular weight excluding hydrogens is 326 g/mol. The van der Waals surface area contributed by atoms with Gasteiger partial charge in [0.25, 0.3) is 0 Å². The maximum atomic E-state index is 13.6. The van der Waals surface area contributed by atoms with Crippen LogP contribution >= 0.6 is 11.6 Å². The van der Waals surface area contributed by atoms with Gasteiger partial charge in [0.05, 0.1) is 6.61 Å². The molecule has 0 unspecified atom stereocenters. The Bertz CT molecular complexity index is 697. The average Bonchev–Trinajstić information content (AvgIpc) is 2.70. The van der Waals surface area contributed by atoms with Gasteiger partial charge in [-0.15, -0.1) is 0 Å². The van der Waals surface area contributed by atoms with Crippen LogP contribution < -0.4 is 0 Å². The quantitative estimate of drug-likeness (QED) is 0.676. The van der Waals surface area contributed by atoms with Crippen LogP contribution in [0.5, 0.6) is 0 Å². The molecule has 3 nitrogen and oxygen atoms in total. The summed E-state index contributed by atoms with van der Waals surface area (Å²) in [6, 6.07) is 0.458. The molecule has 1 aromatic carbocycles. The first-order valence-electron chi connectivity index (χ1n) is 5.27. The lowest BCUT2D eigenvalue weighted by Gasteiger charge is -2.06. The fourth-order valence-corrected chi connectivity index (χ4v) is 1.91. The predicted molar refractivity (Wildman–Crippen MR) is 59.4 cm³/mol. The van der Waals surface area contributed by atoms with E-state index in [4.69, 9.17) is 16.7 Å². The minimum absolute atomic E-state index is 0.147. The fraction of sp³-hybridized carbons (Fsp3) is 0.182. The Kier molecular flexibility index (Phi) is 3.89. The molecule has 0 amide bonds. The van der Waals surface area contributed by atoms with Gasteiger partial charge in [0.1, 0.15) is 10.8 Å². The Morgan fingerprint density at radius 1 is 1.10 bits per heavy atom. The van der Waals surface area contributed by atoms with Gasteiger partial charge < -0.3 is 5.11 Å². The van der Waals surface area contributed by atoms with E-state index in [0.717, 1.165) is 0 Å². The van der Waals surface area contributed by atoms with Crippen LogP contribution in [0.15, 0.2) is 12.1 Å². The molecule has 0 aliphatic rings. The minimum atomic E-state index is -4.96. The summed E-state index contributed by atoms with van der Waals surface area (Å²) < 4.78 is 77.9. The van der Waals surface area contributed by atoms with Gasteiger partial charge in [-0.25, -0.2) is 17.9 Å². The second-order valence-electron chi connectivity index (χ2n) is 3.90. The number of hydrogen-bond donors (Lipinski definition) is 1. The number of alkyl halides is 3. The standard InChI is InChI=1S/C11H5ClF6N2O/c12-10-4(3-21)9(11(16,17)18)19-20(10)8-2-6(14)5(13)1-7(8)15/h1-2,21H,3H2. The summed E-state index contributed by atoms with van der Waals surface area (Å²) >= 11 is 5.59.